The molecule has 36 heavy (non-hydrogen) atoms. The number of hydrogen-bond acceptors (Lipinski definition) is 6. The Balaban J connectivity index is 1.47. The van der Waals surface area contributed by atoms with Crippen LogP contribution >= 0.6 is 0 Å². The summed E-state index contributed by atoms with van der Waals surface area (Å²) in [6.07, 6.45) is -3.40. The minimum Gasteiger partial charge on any atom is -0.369 e. The summed E-state index contributed by atoms with van der Waals surface area (Å²) in [6.45, 7) is 0.905. The molecule has 0 bridgehead atoms. The number of benzene rings is 1. The number of rotatable bonds is 7. The van der Waals surface area contributed by atoms with E-state index in [0.717, 1.165) is 18.5 Å². The third kappa shape index (κ3) is 5.66. The van der Waals surface area contributed by atoms with Crippen molar-refractivity contribution in [2.45, 2.75) is 37.7 Å². The number of nitrogens with two attached hydrogens (primary N) is 1. The van der Waals surface area contributed by atoms with E-state index in [2.05, 4.69) is 15.3 Å². The second-order valence-corrected chi connectivity index (χ2v) is 9.09. The average Bonchev–Trinajstić information content (AvgIpc) is 3.27. The van der Waals surface area contributed by atoms with E-state index in [9.17, 15) is 26.7 Å². The predicted octanol–water partition coefficient (Wildman–Crippen LogP) is 3.67. The summed E-state index contributed by atoms with van der Waals surface area (Å²) < 4.78 is 83.3. The third-order valence-electron chi connectivity index (χ3n) is 6.65. The van der Waals surface area contributed by atoms with Crippen LogP contribution in [0.3, 0.4) is 0 Å². The van der Waals surface area contributed by atoms with Crippen molar-refractivity contribution in [2.24, 2.45) is 11.7 Å². The van der Waals surface area contributed by atoms with Crippen LogP contribution in [0.4, 0.5) is 38.0 Å². The molecule has 0 unspecified atom stereocenters. The molecule has 0 spiro atoms. The SMILES string of the molecule is NC(=O)CN1CC[C@H](CNc2ncnc(N3CCC[C@@H]3c3ccc(C(F)(F)F)cc3F)c2F)[C@@H](F)C1. The van der Waals surface area contributed by atoms with Crippen LogP contribution in [0, 0.1) is 17.6 Å². The van der Waals surface area contributed by atoms with Gasteiger partial charge in [0.25, 0.3) is 0 Å². The van der Waals surface area contributed by atoms with Crippen LogP contribution in [0.1, 0.15) is 36.4 Å². The number of anilines is 2. The van der Waals surface area contributed by atoms with E-state index in [1.807, 2.05) is 0 Å². The van der Waals surface area contributed by atoms with Gasteiger partial charge in [-0.1, -0.05) is 6.07 Å². The summed E-state index contributed by atoms with van der Waals surface area (Å²) in [5, 5.41) is 2.82. The number of amides is 1. The largest absolute Gasteiger partial charge is 0.416 e. The molecule has 0 aliphatic carbocycles. The lowest BCUT2D eigenvalue weighted by Gasteiger charge is -2.34. The molecule has 13 heteroatoms. The first kappa shape index (κ1) is 26.0. The first-order valence-electron chi connectivity index (χ1n) is 11.6. The van der Waals surface area contributed by atoms with E-state index in [1.54, 1.807) is 4.90 Å². The second-order valence-electron chi connectivity index (χ2n) is 9.09. The van der Waals surface area contributed by atoms with E-state index >= 15 is 4.39 Å². The molecule has 2 aliphatic heterocycles. The van der Waals surface area contributed by atoms with Crippen LogP contribution < -0.4 is 16.0 Å². The number of aromatic nitrogens is 2. The molecule has 1 aromatic carbocycles. The Kier molecular flexibility index (Phi) is 7.57. The van der Waals surface area contributed by atoms with Crippen molar-refractivity contribution < 1.29 is 31.1 Å². The number of carbonyl (C=O) groups excluding carboxylic acids is 1. The molecule has 0 saturated carbocycles. The number of halogens is 6. The molecule has 1 amide bonds. The van der Waals surface area contributed by atoms with Crippen LogP contribution in [-0.4, -0.2) is 59.7 Å². The number of carbonyl (C=O) groups is 1. The number of likely N-dealkylation sites (tertiary alicyclic amines) is 1. The zero-order valence-electron chi connectivity index (χ0n) is 19.2. The van der Waals surface area contributed by atoms with Crippen molar-refractivity contribution in [2.75, 3.05) is 42.9 Å². The van der Waals surface area contributed by atoms with E-state index < -0.39 is 47.4 Å². The van der Waals surface area contributed by atoms with Gasteiger partial charge < -0.3 is 16.0 Å². The molecule has 196 valence electrons. The Bertz CT molecular complexity index is 1100. The van der Waals surface area contributed by atoms with Crippen LogP contribution in [-0.2, 0) is 11.0 Å². The first-order chi connectivity index (χ1) is 17.0. The molecular formula is C23H26F6N6O. The highest BCUT2D eigenvalue weighted by Crippen LogP contribution is 2.40. The van der Waals surface area contributed by atoms with Crippen LogP contribution in [0.5, 0.6) is 0 Å². The number of hydrogen-bond donors (Lipinski definition) is 2. The fourth-order valence-electron chi connectivity index (χ4n) is 4.84. The van der Waals surface area contributed by atoms with Gasteiger partial charge in [-0.05, 0) is 37.9 Å². The maximum absolute atomic E-state index is 15.4. The van der Waals surface area contributed by atoms with Gasteiger partial charge in [0.15, 0.2) is 11.6 Å². The lowest BCUT2D eigenvalue weighted by Crippen LogP contribution is -2.46. The fourth-order valence-corrected chi connectivity index (χ4v) is 4.84. The Hall–Kier alpha value is -3.09. The lowest BCUT2D eigenvalue weighted by molar-refractivity contribution is -0.137. The molecule has 2 saturated heterocycles. The van der Waals surface area contributed by atoms with Crippen LogP contribution in [0.2, 0.25) is 0 Å². The molecule has 2 aromatic rings. The molecule has 3 N–H and O–H groups in total. The smallest absolute Gasteiger partial charge is 0.369 e. The zero-order valence-corrected chi connectivity index (χ0v) is 19.2. The second kappa shape index (κ2) is 10.5. The summed E-state index contributed by atoms with van der Waals surface area (Å²) >= 11 is 0. The van der Waals surface area contributed by atoms with Gasteiger partial charge in [-0.25, -0.2) is 18.7 Å². The number of alkyl halides is 4. The molecule has 2 aliphatic rings. The van der Waals surface area contributed by atoms with Gasteiger partial charge in [0, 0.05) is 31.1 Å². The maximum atomic E-state index is 15.4. The van der Waals surface area contributed by atoms with Gasteiger partial charge in [0.05, 0.1) is 18.2 Å². The summed E-state index contributed by atoms with van der Waals surface area (Å²) in [7, 11) is 0. The summed E-state index contributed by atoms with van der Waals surface area (Å²) in [6, 6.07) is 1.62. The molecule has 7 nitrogen and oxygen atoms in total. The Labute approximate surface area is 203 Å². The van der Waals surface area contributed by atoms with Crippen molar-refractivity contribution in [1.29, 1.82) is 0 Å². The molecule has 4 rings (SSSR count). The summed E-state index contributed by atoms with van der Waals surface area (Å²) in [5.74, 6) is -3.06. The standard InChI is InChI=1S/C23H26F6N6O/c24-16-8-14(23(27,28)29)3-4-15(16)18-2-1-6-35(18)22-20(26)21(32-12-33-22)31-9-13-5-7-34(10-17(13)25)11-19(30)36/h3-4,8,12-13,17-18H,1-2,5-7,9-11H2,(H2,30,36)(H,31,32,33)/t13-,17+,18-/m1/s1. The molecular weight excluding hydrogens is 490 g/mol. The average molecular weight is 516 g/mol. The number of primary amides is 1. The molecule has 3 heterocycles. The van der Waals surface area contributed by atoms with Crippen LogP contribution in [0.15, 0.2) is 24.5 Å². The van der Waals surface area contributed by atoms with Gasteiger partial charge in [-0.15, -0.1) is 0 Å². The normalized spacial score (nSPS) is 23.2. The van der Waals surface area contributed by atoms with Gasteiger partial charge >= 0.3 is 6.18 Å². The summed E-state index contributed by atoms with van der Waals surface area (Å²) in [5.41, 5.74) is 4.08. The van der Waals surface area contributed by atoms with Gasteiger partial charge in [0.2, 0.25) is 11.7 Å². The molecule has 3 atom stereocenters. The van der Waals surface area contributed by atoms with E-state index in [4.69, 9.17) is 5.73 Å². The van der Waals surface area contributed by atoms with Gasteiger partial charge in [0.1, 0.15) is 18.3 Å². The molecule has 0 radical (unpaired) electrons. The minimum absolute atomic E-state index is 0.0241. The van der Waals surface area contributed by atoms with Crippen molar-refractivity contribution in [3.05, 3.63) is 47.3 Å². The highest BCUT2D eigenvalue weighted by molar-refractivity contribution is 5.75. The minimum atomic E-state index is -4.68. The first-order valence-corrected chi connectivity index (χ1v) is 11.6. The van der Waals surface area contributed by atoms with Gasteiger partial charge in [-0.2, -0.15) is 17.6 Å². The molecule has 2 fully saturated rings. The fraction of sp³-hybridized carbons (Fsp3) is 0.522. The summed E-state index contributed by atoms with van der Waals surface area (Å²) in [4.78, 5) is 22.1. The van der Waals surface area contributed by atoms with E-state index in [1.165, 1.54) is 4.90 Å². The Morgan fingerprint density at radius 3 is 2.61 bits per heavy atom. The van der Waals surface area contributed by atoms with E-state index in [0.29, 0.717) is 38.4 Å². The predicted molar refractivity (Wildman–Crippen MR) is 120 cm³/mol. The lowest BCUT2D eigenvalue weighted by atomic mass is 9.95. The monoisotopic (exact) mass is 516 g/mol. The zero-order chi connectivity index (χ0) is 26.0. The van der Waals surface area contributed by atoms with Gasteiger partial charge in [-0.3, -0.25) is 9.69 Å². The Morgan fingerprint density at radius 2 is 1.94 bits per heavy atom. The van der Waals surface area contributed by atoms with Crippen LogP contribution in [0.25, 0.3) is 0 Å². The van der Waals surface area contributed by atoms with Crippen molar-refractivity contribution in [1.82, 2.24) is 14.9 Å². The van der Waals surface area contributed by atoms with Crippen molar-refractivity contribution in [3.8, 4) is 0 Å². The Morgan fingerprint density at radius 1 is 1.17 bits per heavy atom. The number of piperidine rings is 1. The van der Waals surface area contributed by atoms with E-state index in [-0.39, 0.29) is 36.8 Å². The quantitative estimate of drug-likeness (QED) is 0.547. The number of nitrogens with one attached hydrogen (secondary N) is 1. The topological polar surface area (TPSA) is 87.4 Å². The maximum Gasteiger partial charge on any atom is 0.416 e. The highest BCUT2D eigenvalue weighted by Gasteiger charge is 2.35. The number of nitrogens with zero attached hydrogens (tertiary/aromatic N) is 4. The highest BCUT2D eigenvalue weighted by atomic mass is 19.4. The van der Waals surface area contributed by atoms with Crippen molar-refractivity contribution >= 4 is 17.5 Å². The third-order valence-corrected chi connectivity index (χ3v) is 6.65. The molecule has 1 aromatic heterocycles. The van der Waals surface area contributed by atoms with Crippen molar-refractivity contribution in [3.63, 3.8) is 0 Å².